The molecule has 3 nitrogen and oxygen atoms in total. The molecule has 1 saturated heterocycles. The van der Waals surface area contributed by atoms with E-state index in [1.54, 1.807) is 0 Å². The Balaban J connectivity index is 1.34. The third-order valence-electron chi connectivity index (χ3n) is 4.95. The summed E-state index contributed by atoms with van der Waals surface area (Å²) in [5, 5.41) is 2.76. The largest absolute Gasteiger partial charge is 0.484 e. The van der Waals surface area contributed by atoms with Crippen LogP contribution in [0.25, 0.3) is 10.8 Å². The normalized spacial score (nSPS) is 17.5. The predicted octanol–water partition coefficient (Wildman–Crippen LogP) is 4.93. The molecule has 1 fully saturated rings. The molecule has 0 N–H and O–H groups in total. The number of amides is 1. The molecule has 0 aliphatic carbocycles. The number of ether oxygens (including phenoxy) is 1. The number of hydrogen-bond donors (Lipinski definition) is 0. The second-order valence-electron chi connectivity index (χ2n) is 6.74. The molecule has 0 spiro atoms. The number of benzene rings is 3. The van der Waals surface area contributed by atoms with Crippen LogP contribution >= 0.6 is 11.8 Å². The fourth-order valence-corrected chi connectivity index (χ4v) is 4.68. The number of hydrogen-bond acceptors (Lipinski definition) is 3. The molecule has 3 aromatic carbocycles. The van der Waals surface area contributed by atoms with E-state index in [-0.39, 0.29) is 12.5 Å². The van der Waals surface area contributed by atoms with Crippen molar-refractivity contribution in [2.24, 2.45) is 0 Å². The summed E-state index contributed by atoms with van der Waals surface area (Å²) >= 11 is 1.94. The topological polar surface area (TPSA) is 29.5 Å². The van der Waals surface area contributed by atoms with Gasteiger partial charge >= 0.3 is 0 Å². The summed E-state index contributed by atoms with van der Waals surface area (Å²) in [5.74, 6) is 1.77. The van der Waals surface area contributed by atoms with Crippen LogP contribution in [0.15, 0.2) is 72.8 Å². The maximum atomic E-state index is 12.6. The zero-order chi connectivity index (χ0) is 18.5. The lowest BCUT2D eigenvalue weighted by Crippen LogP contribution is -2.36. The van der Waals surface area contributed by atoms with Gasteiger partial charge in [-0.3, -0.25) is 4.79 Å². The highest BCUT2D eigenvalue weighted by atomic mass is 32.2. The van der Waals surface area contributed by atoms with Gasteiger partial charge < -0.3 is 9.64 Å². The molecule has 1 aliphatic rings. The Morgan fingerprint density at radius 3 is 2.59 bits per heavy atom. The van der Waals surface area contributed by atoms with E-state index in [1.807, 2.05) is 53.1 Å². The van der Waals surface area contributed by atoms with E-state index in [0.717, 1.165) is 36.4 Å². The first-order chi connectivity index (χ1) is 13.3. The van der Waals surface area contributed by atoms with Crippen LogP contribution in [0.4, 0.5) is 0 Å². The van der Waals surface area contributed by atoms with Gasteiger partial charge in [0.1, 0.15) is 5.75 Å². The van der Waals surface area contributed by atoms with Gasteiger partial charge in [0, 0.05) is 24.1 Å². The zero-order valence-electron chi connectivity index (χ0n) is 15.2. The van der Waals surface area contributed by atoms with Crippen molar-refractivity contribution in [3.05, 3.63) is 78.4 Å². The molecule has 0 radical (unpaired) electrons. The molecule has 138 valence electrons. The van der Waals surface area contributed by atoms with Crippen molar-refractivity contribution in [2.75, 3.05) is 25.4 Å². The van der Waals surface area contributed by atoms with Crippen LogP contribution in [0.5, 0.6) is 5.75 Å². The van der Waals surface area contributed by atoms with E-state index >= 15 is 0 Å². The standard InChI is InChI=1S/C23H23NO2S/c25-23(17-26-21-11-10-18-6-4-5-9-20(18)16-21)24-13-12-22(27-15-14-24)19-7-2-1-3-8-19/h1-11,16,22H,12-15,17H2. The van der Waals surface area contributed by atoms with Crippen LogP contribution < -0.4 is 4.74 Å². The molecule has 1 amide bonds. The van der Waals surface area contributed by atoms with Crippen LogP contribution in [0, 0.1) is 0 Å². The average Bonchev–Trinajstić information content (AvgIpc) is 2.99. The summed E-state index contributed by atoms with van der Waals surface area (Å²) in [6.45, 7) is 1.67. The maximum absolute atomic E-state index is 12.6. The van der Waals surface area contributed by atoms with Crippen LogP contribution in [0.2, 0.25) is 0 Å². The smallest absolute Gasteiger partial charge is 0.260 e. The Labute approximate surface area is 164 Å². The Bertz CT molecular complexity index is 912. The van der Waals surface area contributed by atoms with Gasteiger partial charge in [-0.2, -0.15) is 11.8 Å². The number of thioether (sulfide) groups is 1. The van der Waals surface area contributed by atoms with Gasteiger partial charge in [0.05, 0.1) is 0 Å². The fourth-order valence-electron chi connectivity index (χ4n) is 3.45. The molecule has 3 aromatic rings. The Hall–Kier alpha value is -2.46. The number of carbonyl (C=O) groups excluding carboxylic acids is 1. The highest BCUT2D eigenvalue weighted by Crippen LogP contribution is 2.34. The lowest BCUT2D eigenvalue weighted by molar-refractivity contribution is -0.133. The fraction of sp³-hybridized carbons (Fsp3) is 0.261. The highest BCUT2D eigenvalue weighted by Gasteiger charge is 2.22. The van der Waals surface area contributed by atoms with E-state index in [9.17, 15) is 4.79 Å². The van der Waals surface area contributed by atoms with E-state index in [2.05, 4.69) is 36.4 Å². The predicted molar refractivity (Wildman–Crippen MR) is 112 cm³/mol. The summed E-state index contributed by atoms with van der Waals surface area (Å²) in [5.41, 5.74) is 1.35. The number of nitrogens with zero attached hydrogens (tertiary/aromatic N) is 1. The molecule has 0 bridgehead atoms. The van der Waals surface area contributed by atoms with Gasteiger partial charge in [-0.25, -0.2) is 0 Å². The van der Waals surface area contributed by atoms with Gasteiger partial charge in [-0.1, -0.05) is 60.7 Å². The highest BCUT2D eigenvalue weighted by molar-refractivity contribution is 7.99. The molecule has 0 saturated carbocycles. The number of carbonyl (C=O) groups is 1. The molecule has 1 heterocycles. The number of rotatable bonds is 4. The SMILES string of the molecule is O=C(COc1ccc2ccccc2c1)N1CCSC(c2ccccc2)CC1. The first-order valence-electron chi connectivity index (χ1n) is 9.35. The summed E-state index contributed by atoms with van der Waals surface area (Å²) in [6, 6.07) is 24.7. The molecule has 1 aliphatic heterocycles. The third-order valence-corrected chi connectivity index (χ3v) is 6.28. The molecule has 4 rings (SSSR count). The van der Waals surface area contributed by atoms with Crippen molar-refractivity contribution in [2.45, 2.75) is 11.7 Å². The minimum atomic E-state index is 0.0671. The first kappa shape index (κ1) is 17.9. The lowest BCUT2D eigenvalue weighted by atomic mass is 10.1. The summed E-state index contributed by atoms with van der Waals surface area (Å²) in [7, 11) is 0. The average molecular weight is 378 g/mol. The van der Waals surface area contributed by atoms with Crippen LogP contribution in [-0.2, 0) is 4.79 Å². The number of fused-ring (bicyclic) bond motifs is 1. The minimum absolute atomic E-state index is 0.0671. The molecular formula is C23H23NO2S. The minimum Gasteiger partial charge on any atom is -0.484 e. The quantitative estimate of drug-likeness (QED) is 0.646. The second-order valence-corrected chi connectivity index (χ2v) is 8.05. The first-order valence-corrected chi connectivity index (χ1v) is 10.4. The summed E-state index contributed by atoms with van der Waals surface area (Å²) in [4.78, 5) is 14.6. The van der Waals surface area contributed by atoms with Gasteiger partial charge in [0.15, 0.2) is 6.61 Å². The van der Waals surface area contributed by atoms with Crippen molar-refractivity contribution in [3.63, 3.8) is 0 Å². The van der Waals surface area contributed by atoms with Gasteiger partial charge in [-0.05, 0) is 34.9 Å². The monoisotopic (exact) mass is 377 g/mol. The molecular weight excluding hydrogens is 354 g/mol. The van der Waals surface area contributed by atoms with Crippen molar-refractivity contribution >= 4 is 28.4 Å². The van der Waals surface area contributed by atoms with Crippen LogP contribution in [-0.4, -0.2) is 36.3 Å². The van der Waals surface area contributed by atoms with Crippen molar-refractivity contribution in [1.29, 1.82) is 0 Å². The van der Waals surface area contributed by atoms with Crippen molar-refractivity contribution in [1.82, 2.24) is 4.90 Å². The Morgan fingerprint density at radius 2 is 1.74 bits per heavy atom. The zero-order valence-corrected chi connectivity index (χ0v) is 16.0. The third kappa shape index (κ3) is 4.45. The van der Waals surface area contributed by atoms with E-state index in [0.29, 0.717) is 5.25 Å². The van der Waals surface area contributed by atoms with Crippen molar-refractivity contribution in [3.8, 4) is 5.75 Å². The van der Waals surface area contributed by atoms with Crippen LogP contribution in [0.1, 0.15) is 17.2 Å². The Morgan fingerprint density at radius 1 is 0.963 bits per heavy atom. The van der Waals surface area contributed by atoms with Gasteiger partial charge in [0.25, 0.3) is 5.91 Å². The van der Waals surface area contributed by atoms with Gasteiger partial charge in [0.2, 0.25) is 0 Å². The van der Waals surface area contributed by atoms with Crippen LogP contribution in [0.3, 0.4) is 0 Å². The van der Waals surface area contributed by atoms with E-state index < -0.39 is 0 Å². The molecule has 4 heteroatoms. The Kier molecular flexibility index (Phi) is 5.64. The molecule has 1 unspecified atom stereocenters. The maximum Gasteiger partial charge on any atom is 0.260 e. The second kappa shape index (κ2) is 8.49. The van der Waals surface area contributed by atoms with Crippen molar-refractivity contribution < 1.29 is 9.53 Å². The summed E-state index contributed by atoms with van der Waals surface area (Å²) < 4.78 is 5.78. The summed E-state index contributed by atoms with van der Waals surface area (Å²) in [6.07, 6.45) is 0.983. The van der Waals surface area contributed by atoms with Gasteiger partial charge in [-0.15, -0.1) is 0 Å². The molecule has 27 heavy (non-hydrogen) atoms. The lowest BCUT2D eigenvalue weighted by Gasteiger charge is -2.20. The van der Waals surface area contributed by atoms with E-state index in [4.69, 9.17) is 4.74 Å². The molecule has 0 aromatic heterocycles. The molecule has 1 atom stereocenters. The van der Waals surface area contributed by atoms with E-state index in [1.165, 1.54) is 10.9 Å².